The first kappa shape index (κ1) is 31.3. The zero-order valence-corrected chi connectivity index (χ0v) is 25.0. The van der Waals surface area contributed by atoms with Gasteiger partial charge in [-0.1, -0.05) is 65.7 Å². The molecule has 0 radical (unpaired) electrons. The summed E-state index contributed by atoms with van der Waals surface area (Å²) in [6.07, 6.45) is 1.57. The molecule has 3 aromatic rings. The third-order valence-electron chi connectivity index (χ3n) is 6.33. The second-order valence-corrected chi connectivity index (χ2v) is 12.0. The molecule has 1 N–H and O–H groups in total. The Hall–Kier alpha value is -3.27. The fourth-order valence-corrected chi connectivity index (χ4v) is 5.75. The quantitative estimate of drug-likeness (QED) is 0.298. The number of hydrogen-bond acceptors (Lipinski definition) is 5. The van der Waals surface area contributed by atoms with E-state index in [0.29, 0.717) is 17.2 Å². The maximum absolute atomic E-state index is 13.7. The molecule has 40 heavy (non-hydrogen) atoms. The lowest BCUT2D eigenvalue weighted by Gasteiger charge is -2.31. The molecule has 0 heterocycles. The van der Waals surface area contributed by atoms with Crippen LogP contribution in [0.15, 0.2) is 72.8 Å². The highest BCUT2D eigenvalue weighted by Crippen LogP contribution is 2.31. The predicted octanol–water partition coefficient (Wildman–Crippen LogP) is 4.93. The van der Waals surface area contributed by atoms with E-state index in [9.17, 15) is 18.0 Å². The molecule has 214 valence electrons. The highest BCUT2D eigenvalue weighted by Gasteiger charge is 2.30. The van der Waals surface area contributed by atoms with Crippen molar-refractivity contribution in [2.45, 2.75) is 31.8 Å². The number of halogens is 2. The Morgan fingerprint density at radius 3 is 2.33 bits per heavy atom. The van der Waals surface area contributed by atoms with Crippen LogP contribution in [0.25, 0.3) is 0 Å². The molecule has 2 amide bonds. The Morgan fingerprint density at radius 1 is 0.975 bits per heavy atom. The number of rotatable bonds is 13. The fourth-order valence-electron chi connectivity index (χ4n) is 4.35. The molecule has 0 fully saturated rings. The van der Waals surface area contributed by atoms with E-state index in [1.165, 1.54) is 24.1 Å². The van der Waals surface area contributed by atoms with Crippen LogP contribution in [0.2, 0.25) is 10.0 Å². The number of benzene rings is 3. The maximum atomic E-state index is 13.7. The highest BCUT2D eigenvalue weighted by molar-refractivity contribution is 7.92. The van der Waals surface area contributed by atoms with Crippen molar-refractivity contribution in [3.05, 3.63) is 94.0 Å². The number of nitrogens with zero attached hydrogens (tertiary/aromatic N) is 2. The van der Waals surface area contributed by atoms with E-state index >= 15 is 0 Å². The number of carbonyl (C=O) groups excluding carboxylic acids is 2. The van der Waals surface area contributed by atoms with Crippen LogP contribution in [0, 0.1) is 0 Å². The zero-order chi connectivity index (χ0) is 29.3. The third-order valence-corrected chi connectivity index (χ3v) is 8.07. The lowest BCUT2D eigenvalue weighted by Crippen LogP contribution is -2.49. The molecule has 1 atom stereocenters. The maximum Gasteiger partial charge on any atom is 0.242 e. The number of amides is 2. The molecule has 8 nitrogen and oxygen atoms in total. The number of likely N-dealkylation sites (N-methyl/N-ethyl adjacent to an activating group) is 1. The minimum atomic E-state index is -3.72. The molecule has 0 aliphatic heterocycles. The standard InChI is InChI=1S/C29H33Cl2N3O5S/c1-32-29(36)27(18-21-9-5-4-6-10-21)33(20-22-11-7-12-24(17-22)39-2)28(35)13-8-16-34(40(3,37)38)26-19-23(30)14-15-25(26)31/h4-7,9-12,14-15,17,19,27H,8,13,16,18,20H2,1-3H3,(H,32,36)/t27-/m0/s1. The smallest absolute Gasteiger partial charge is 0.242 e. The van der Waals surface area contributed by atoms with Crippen LogP contribution in [0.1, 0.15) is 24.0 Å². The normalized spacial score (nSPS) is 11.9. The molecule has 3 rings (SSSR count). The highest BCUT2D eigenvalue weighted by atomic mass is 35.5. The number of hydrogen-bond donors (Lipinski definition) is 1. The van der Waals surface area contributed by atoms with Gasteiger partial charge in [-0.25, -0.2) is 8.42 Å². The molecule has 0 unspecified atom stereocenters. The number of sulfonamides is 1. The molecule has 11 heteroatoms. The number of carbonyl (C=O) groups is 2. The van der Waals surface area contributed by atoms with Crippen molar-refractivity contribution in [2.75, 3.05) is 31.3 Å². The van der Waals surface area contributed by atoms with Crippen LogP contribution in [0.5, 0.6) is 5.75 Å². The van der Waals surface area contributed by atoms with Crippen LogP contribution in [-0.2, 0) is 32.6 Å². The van der Waals surface area contributed by atoms with Gasteiger partial charge in [0.2, 0.25) is 21.8 Å². The number of anilines is 1. The summed E-state index contributed by atoms with van der Waals surface area (Å²) in [5.74, 6) is 0.0354. The van der Waals surface area contributed by atoms with Gasteiger partial charge in [0.1, 0.15) is 11.8 Å². The summed E-state index contributed by atoms with van der Waals surface area (Å²) in [6.45, 7) is 0.165. The van der Waals surface area contributed by atoms with Gasteiger partial charge in [0.15, 0.2) is 0 Å². The molecule has 3 aromatic carbocycles. The molecule has 0 spiro atoms. The first-order chi connectivity index (χ1) is 19.0. The third kappa shape index (κ3) is 8.61. The van der Waals surface area contributed by atoms with E-state index in [0.717, 1.165) is 21.7 Å². The van der Waals surface area contributed by atoms with Crippen molar-refractivity contribution in [2.24, 2.45) is 0 Å². The number of nitrogens with one attached hydrogen (secondary N) is 1. The summed E-state index contributed by atoms with van der Waals surface area (Å²) >= 11 is 12.4. The molecule has 0 saturated carbocycles. The van der Waals surface area contributed by atoms with Crippen molar-refractivity contribution in [3.8, 4) is 5.75 Å². The van der Waals surface area contributed by atoms with Gasteiger partial charge in [0.25, 0.3) is 0 Å². The second-order valence-electron chi connectivity index (χ2n) is 9.23. The van der Waals surface area contributed by atoms with Crippen molar-refractivity contribution >= 4 is 50.7 Å². The van der Waals surface area contributed by atoms with Gasteiger partial charge >= 0.3 is 0 Å². The fraction of sp³-hybridized carbons (Fsp3) is 0.310. The van der Waals surface area contributed by atoms with Crippen LogP contribution in [0.3, 0.4) is 0 Å². The first-order valence-electron chi connectivity index (χ1n) is 12.6. The Labute approximate surface area is 245 Å². The van der Waals surface area contributed by atoms with E-state index in [4.69, 9.17) is 27.9 Å². The summed E-state index contributed by atoms with van der Waals surface area (Å²) in [4.78, 5) is 28.4. The topological polar surface area (TPSA) is 96.0 Å². The van der Waals surface area contributed by atoms with Gasteiger partial charge in [0, 0.05) is 38.0 Å². The van der Waals surface area contributed by atoms with E-state index in [1.807, 2.05) is 48.5 Å². The Bertz CT molecular complexity index is 1420. The number of ether oxygens (including phenoxy) is 1. The number of methoxy groups -OCH3 is 1. The van der Waals surface area contributed by atoms with Crippen LogP contribution in [0.4, 0.5) is 5.69 Å². The Kier molecular flexibility index (Phi) is 11.2. The van der Waals surface area contributed by atoms with Gasteiger partial charge in [0.05, 0.1) is 24.1 Å². The SMILES string of the molecule is CNC(=O)[C@H](Cc1ccccc1)N(Cc1cccc(OC)c1)C(=O)CCCN(c1cc(Cl)ccc1Cl)S(C)(=O)=O. The monoisotopic (exact) mass is 605 g/mol. The van der Waals surface area contributed by atoms with Crippen molar-refractivity contribution in [1.82, 2.24) is 10.2 Å². The molecule has 0 bridgehead atoms. The zero-order valence-electron chi connectivity index (χ0n) is 22.6. The Balaban J connectivity index is 1.88. The molecular weight excluding hydrogens is 573 g/mol. The summed E-state index contributed by atoms with van der Waals surface area (Å²) < 4.78 is 31.7. The van der Waals surface area contributed by atoms with E-state index in [2.05, 4.69) is 5.32 Å². The molecule has 0 aliphatic carbocycles. The second kappa shape index (κ2) is 14.4. The van der Waals surface area contributed by atoms with E-state index in [-0.39, 0.29) is 48.5 Å². The lowest BCUT2D eigenvalue weighted by atomic mass is 10.0. The average molecular weight is 607 g/mol. The van der Waals surface area contributed by atoms with Crippen LogP contribution < -0.4 is 14.4 Å². The van der Waals surface area contributed by atoms with Gasteiger partial charge in [-0.2, -0.15) is 0 Å². The van der Waals surface area contributed by atoms with Crippen molar-refractivity contribution < 1.29 is 22.7 Å². The van der Waals surface area contributed by atoms with Gasteiger partial charge < -0.3 is 15.0 Å². The lowest BCUT2D eigenvalue weighted by molar-refractivity contribution is -0.141. The summed E-state index contributed by atoms with van der Waals surface area (Å²) in [5, 5.41) is 3.25. The summed E-state index contributed by atoms with van der Waals surface area (Å²) in [5.41, 5.74) is 1.93. The minimum absolute atomic E-state index is 0.000954. The van der Waals surface area contributed by atoms with Crippen molar-refractivity contribution in [1.29, 1.82) is 0 Å². The summed E-state index contributed by atoms with van der Waals surface area (Å²) in [7, 11) is -0.624. The van der Waals surface area contributed by atoms with E-state index < -0.39 is 16.1 Å². The van der Waals surface area contributed by atoms with Gasteiger partial charge in [-0.15, -0.1) is 0 Å². The average Bonchev–Trinajstić information content (AvgIpc) is 2.94. The molecular formula is C29H33Cl2N3O5S. The first-order valence-corrected chi connectivity index (χ1v) is 15.2. The molecule has 0 aliphatic rings. The van der Waals surface area contributed by atoms with E-state index in [1.54, 1.807) is 19.2 Å². The predicted molar refractivity (Wildman–Crippen MR) is 159 cm³/mol. The van der Waals surface area contributed by atoms with Gasteiger partial charge in [-0.05, 0) is 47.9 Å². The van der Waals surface area contributed by atoms with Gasteiger partial charge in [-0.3, -0.25) is 13.9 Å². The van der Waals surface area contributed by atoms with Crippen LogP contribution >= 0.6 is 23.2 Å². The molecule has 0 saturated heterocycles. The summed E-state index contributed by atoms with van der Waals surface area (Å²) in [6, 6.07) is 20.5. The van der Waals surface area contributed by atoms with Crippen LogP contribution in [-0.4, -0.2) is 58.1 Å². The largest absolute Gasteiger partial charge is 0.497 e. The molecule has 0 aromatic heterocycles. The minimum Gasteiger partial charge on any atom is -0.497 e. The van der Waals surface area contributed by atoms with Crippen molar-refractivity contribution in [3.63, 3.8) is 0 Å². The Morgan fingerprint density at radius 2 is 1.68 bits per heavy atom.